The number of phenols is 1. The summed E-state index contributed by atoms with van der Waals surface area (Å²) >= 11 is 0. The molecule has 0 aliphatic rings. The van der Waals surface area contributed by atoms with E-state index >= 15 is 0 Å². The Bertz CT molecular complexity index is 562. The lowest BCUT2D eigenvalue weighted by Crippen LogP contribution is -1.92. The van der Waals surface area contributed by atoms with Gasteiger partial charge >= 0.3 is 0 Å². The van der Waals surface area contributed by atoms with Crippen molar-refractivity contribution < 1.29 is 14.6 Å². The molecule has 0 saturated carbocycles. The third-order valence-electron chi connectivity index (χ3n) is 2.84. The summed E-state index contributed by atoms with van der Waals surface area (Å²) in [5.41, 5.74) is 2.12. The van der Waals surface area contributed by atoms with Gasteiger partial charge in [0.05, 0.1) is 20.3 Å². The quantitative estimate of drug-likeness (QED) is 0.815. The van der Waals surface area contributed by atoms with Crippen LogP contribution in [0.25, 0.3) is 6.08 Å². The number of rotatable bonds is 6. The van der Waals surface area contributed by atoms with Gasteiger partial charge in [0, 0.05) is 0 Å². The number of hydrogen-bond donors (Lipinski definition) is 1. The molecule has 104 valence electrons. The third kappa shape index (κ3) is 4.14. The fourth-order valence-electron chi connectivity index (χ4n) is 1.80. The summed E-state index contributed by atoms with van der Waals surface area (Å²) in [6.07, 6.45) is 3.88. The monoisotopic (exact) mass is 270 g/mol. The Balaban J connectivity index is 1.82. The minimum absolute atomic E-state index is 0.143. The highest BCUT2D eigenvalue weighted by Crippen LogP contribution is 2.26. The van der Waals surface area contributed by atoms with Gasteiger partial charge in [0.1, 0.15) is 0 Å². The molecular weight excluding hydrogens is 252 g/mol. The fraction of sp³-hybridized carbons (Fsp3) is 0.176. The van der Waals surface area contributed by atoms with Crippen LogP contribution in [0.5, 0.6) is 11.5 Å². The van der Waals surface area contributed by atoms with E-state index in [1.807, 2.05) is 48.6 Å². The van der Waals surface area contributed by atoms with Crippen molar-refractivity contribution in [3.63, 3.8) is 0 Å². The molecule has 0 aromatic heterocycles. The lowest BCUT2D eigenvalue weighted by atomic mass is 10.2. The highest BCUT2D eigenvalue weighted by molar-refractivity contribution is 5.55. The summed E-state index contributed by atoms with van der Waals surface area (Å²) in [6, 6.07) is 15.3. The van der Waals surface area contributed by atoms with Crippen LogP contribution in [0.1, 0.15) is 11.1 Å². The molecule has 1 N–H and O–H groups in total. The van der Waals surface area contributed by atoms with Crippen molar-refractivity contribution in [3.8, 4) is 11.5 Å². The molecule has 0 amide bonds. The second kappa shape index (κ2) is 7.36. The van der Waals surface area contributed by atoms with Crippen molar-refractivity contribution in [1.82, 2.24) is 0 Å². The van der Waals surface area contributed by atoms with Crippen molar-refractivity contribution in [2.45, 2.75) is 6.61 Å². The van der Waals surface area contributed by atoms with E-state index in [-0.39, 0.29) is 5.75 Å². The van der Waals surface area contributed by atoms with Crippen LogP contribution >= 0.6 is 0 Å². The molecule has 0 unspecified atom stereocenters. The molecule has 0 saturated heterocycles. The first-order valence-electron chi connectivity index (χ1n) is 6.45. The Morgan fingerprint density at radius 3 is 2.65 bits per heavy atom. The highest BCUT2D eigenvalue weighted by Gasteiger charge is 1.99. The summed E-state index contributed by atoms with van der Waals surface area (Å²) in [7, 11) is 1.53. The molecule has 0 heterocycles. The number of hydrogen-bond acceptors (Lipinski definition) is 3. The van der Waals surface area contributed by atoms with Crippen molar-refractivity contribution in [2.75, 3.05) is 13.7 Å². The zero-order chi connectivity index (χ0) is 14.2. The zero-order valence-corrected chi connectivity index (χ0v) is 11.5. The lowest BCUT2D eigenvalue weighted by Gasteiger charge is -2.04. The van der Waals surface area contributed by atoms with Gasteiger partial charge in [0.25, 0.3) is 0 Å². The Labute approximate surface area is 119 Å². The van der Waals surface area contributed by atoms with E-state index in [1.54, 1.807) is 12.1 Å². The largest absolute Gasteiger partial charge is 0.504 e. The van der Waals surface area contributed by atoms with Gasteiger partial charge in [-0.25, -0.2) is 0 Å². The Kier molecular flexibility index (Phi) is 5.21. The van der Waals surface area contributed by atoms with Crippen molar-refractivity contribution >= 4 is 6.08 Å². The van der Waals surface area contributed by atoms with Crippen LogP contribution in [-0.4, -0.2) is 18.8 Å². The van der Waals surface area contributed by atoms with E-state index in [1.165, 1.54) is 7.11 Å². The summed E-state index contributed by atoms with van der Waals surface area (Å²) in [5.74, 6) is 0.613. The minimum Gasteiger partial charge on any atom is -0.504 e. The van der Waals surface area contributed by atoms with Gasteiger partial charge in [-0.2, -0.15) is 0 Å². The first-order chi connectivity index (χ1) is 9.79. The molecule has 2 aromatic carbocycles. The molecule has 0 radical (unpaired) electrons. The van der Waals surface area contributed by atoms with Gasteiger partial charge in [-0.05, 0) is 23.3 Å². The van der Waals surface area contributed by atoms with E-state index in [0.717, 1.165) is 11.1 Å². The second-order valence-electron chi connectivity index (χ2n) is 4.33. The van der Waals surface area contributed by atoms with E-state index in [0.29, 0.717) is 19.0 Å². The van der Waals surface area contributed by atoms with Crippen molar-refractivity contribution in [1.29, 1.82) is 0 Å². The SMILES string of the molecule is COc1cc(C=CCOCc2ccccc2)ccc1O. The molecule has 2 aromatic rings. The van der Waals surface area contributed by atoms with Gasteiger partial charge in [-0.15, -0.1) is 0 Å². The summed E-state index contributed by atoms with van der Waals surface area (Å²) in [5, 5.41) is 9.50. The average Bonchev–Trinajstić information content (AvgIpc) is 2.49. The van der Waals surface area contributed by atoms with E-state index in [9.17, 15) is 5.11 Å². The number of phenolic OH excluding ortho intramolecular Hbond substituents is 1. The minimum atomic E-state index is 0.143. The van der Waals surface area contributed by atoms with Crippen LogP contribution in [0.3, 0.4) is 0 Å². The number of ether oxygens (including phenoxy) is 2. The van der Waals surface area contributed by atoms with Crippen LogP contribution < -0.4 is 4.74 Å². The number of aromatic hydroxyl groups is 1. The van der Waals surface area contributed by atoms with Crippen LogP contribution in [0.15, 0.2) is 54.6 Å². The smallest absolute Gasteiger partial charge is 0.161 e. The Morgan fingerprint density at radius 2 is 1.90 bits per heavy atom. The maximum atomic E-state index is 9.50. The van der Waals surface area contributed by atoms with E-state index in [4.69, 9.17) is 9.47 Å². The molecule has 20 heavy (non-hydrogen) atoms. The molecule has 0 bridgehead atoms. The normalized spacial score (nSPS) is 10.8. The van der Waals surface area contributed by atoms with Crippen LogP contribution in [-0.2, 0) is 11.3 Å². The van der Waals surface area contributed by atoms with Crippen LogP contribution in [0.4, 0.5) is 0 Å². The average molecular weight is 270 g/mol. The van der Waals surface area contributed by atoms with E-state index in [2.05, 4.69) is 0 Å². The second-order valence-corrected chi connectivity index (χ2v) is 4.33. The molecule has 3 nitrogen and oxygen atoms in total. The first-order valence-corrected chi connectivity index (χ1v) is 6.45. The standard InChI is InChI=1S/C17H18O3/c1-19-17-12-14(9-10-16(17)18)8-5-11-20-13-15-6-3-2-4-7-15/h2-10,12,18H,11,13H2,1H3. The van der Waals surface area contributed by atoms with Crippen molar-refractivity contribution in [2.24, 2.45) is 0 Å². The summed E-state index contributed by atoms with van der Waals surface area (Å²) in [4.78, 5) is 0. The van der Waals surface area contributed by atoms with Crippen LogP contribution in [0, 0.1) is 0 Å². The Hall–Kier alpha value is -2.26. The maximum absolute atomic E-state index is 9.50. The highest BCUT2D eigenvalue weighted by atomic mass is 16.5. The summed E-state index contributed by atoms with van der Waals surface area (Å²) in [6.45, 7) is 1.14. The molecule has 0 fully saturated rings. The predicted octanol–water partition coefficient (Wildman–Crippen LogP) is 3.63. The van der Waals surface area contributed by atoms with Gasteiger partial charge in [0.15, 0.2) is 11.5 Å². The molecule has 2 rings (SSSR count). The number of methoxy groups -OCH3 is 1. The molecule has 3 heteroatoms. The molecule has 0 atom stereocenters. The Morgan fingerprint density at radius 1 is 1.10 bits per heavy atom. The third-order valence-corrected chi connectivity index (χ3v) is 2.84. The topological polar surface area (TPSA) is 38.7 Å². The number of benzene rings is 2. The maximum Gasteiger partial charge on any atom is 0.161 e. The van der Waals surface area contributed by atoms with Crippen molar-refractivity contribution in [3.05, 3.63) is 65.7 Å². The van der Waals surface area contributed by atoms with Gasteiger partial charge in [-0.3, -0.25) is 0 Å². The first kappa shape index (κ1) is 14.2. The molecular formula is C17H18O3. The lowest BCUT2D eigenvalue weighted by molar-refractivity contribution is 0.149. The fourth-order valence-corrected chi connectivity index (χ4v) is 1.80. The summed E-state index contributed by atoms with van der Waals surface area (Å²) < 4.78 is 10.6. The zero-order valence-electron chi connectivity index (χ0n) is 11.5. The molecule has 0 aliphatic carbocycles. The predicted molar refractivity (Wildman–Crippen MR) is 79.8 cm³/mol. The molecule has 0 spiro atoms. The van der Waals surface area contributed by atoms with Crippen LogP contribution in [0.2, 0.25) is 0 Å². The van der Waals surface area contributed by atoms with Gasteiger partial charge in [-0.1, -0.05) is 48.6 Å². The molecule has 0 aliphatic heterocycles. The van der Waals surface area contributed by atoms with Gasteiger partial charge < -0.3 is 14.6 Å². The van der Waals surface area contributed by atoms with Gasteiger partial charge in [0.2, 0.25) is 0 Å². The van der Waals surface area contributed by atoms with E-state index < -0.39 is 0 Å².